The summed E-state index contributed by atoms with van der Waals surface area (Å²) in [7, 11) is 1.20. The molecule has 0 aromatic rings. The molecule has 15 heteroatoms. The second kappa shape index (κ2) is 8.70. The zero-order valence-corrected chi connectivity index (χ0v) is 15.9. The fourth-order valence-electron chi connectivity index (χ4n) is 3.37. The summed E-state index contributed by atoms with van der Waals surface area (Å²) in [5, 5.41) is 85.6. The summed E-state index contributed by atoms with van der Waals surface area (Å²) in [5.41, 5.74) is 0.391. The van der Waals surface area contributed by atoms with Gasteiger partial charge in [0.25, 0.3) is 11.8 Å². The van der Waals surface area contributed by atoms with Gasteiger partial charge >= 0.3 is 6.03 Å². The Kier molecular flexibility index (Phi) is 6.90. The summed E-state index contributed by atoms with van der Waals surface area (Å²) in [5.74, 6) is -7.06. The van der Waals surface area contributed by atoms with E-state index in [-0.39, 0.29) is 5.82 Å². The Hall–Kier alpha value is -2.50. The first-order valence-corrected chi connectivity index (χ1v) is 8.64. The van der Waals surface area contributed by atoms with E-state index in [1.54, 1.807) is 0 Å². The molecule has 2 aliphatic rings. The van der Waals surface area contributed by atoms with E-state index in [2.05, 4.69) is 16.0 Å². The Morgan fingerprint density at radius 3 is 2.27 bits per heavy atom. The van der Waals surface area contributed by atoms with Crippen molar-refractivity contribution in [3.05, 3.63) is 23.7 Å². The average Bonchev–Trinajstić information content (AvgIpc) is 3.07. The molecule has 0 aromatic carbocycles. The highest BCUT2D eigenvalue weighted by Gasteiger charge is 2.53. The van der Waals surface area contributed by atoms with Crippen LogP contribution >= 0.6 is 0 Å². The lowest BCUT2D eigenvalue weighted by atomic mass is 9.94. The van der Waals surface area contributed by atoms with Crippen molar-refractivity contribution in [1.29, 1.82) is 0 Å². The molecular weight excluding hydrogens is 410 g/mol. The zero-order valence-electron chi connectivity index (χ0n) is 15.9. The minimum Gasteiger partial charge on any atom is -0.368 e. The molecule has 0 bridgehead atoms. The van der Waals surface area contributed by atoms with Crippen LogP contribution in [0.5, 0.6) is 0 Å². The van der Waals surface area contributed by atoms with Gasteiger partial charge in [0.05, 0.1) is 0 Å². The van der Waals surface area contributed by atoms with E-state index < -0.39 is 59.9 Å². The number of carbonyl (C=O) groups excluding carboxylic acids is 2. The molecule has 2 aliphatic heterocycles. The van der Waals surface area contributed by atoms with Crippen molar-refractivity contribution in [1.82, 2.24) is 25.8 Å². The first-order chi connectivity index (χ1) is 13.8. The van der Waals surface area contributed by atoms with Gasteiger partial charge in [-0.3, -0.25) is 10.1 Å². The molecule has 11 N–H and O–H groups in total. The van der Waals surface area contributed by atoms with Gasteiger partial charge in [0.2, 0.25) is 12.7 Å². The van der Waals surface area contributed by atoms with Crippen molar-refractivity contribution in [2.75, 3.05) is 7.05 Å². The maximum Gasteiger partial charge on any atom is 0.322 e. The Morgan fingerprint density at radius 2 is 1.77 bits per heavy atom. The van der Waals surface area contributed by atoms with Gasteiger partial charge in [0.15, 0.2) is 6.29 Å². The average molecular weight is 435 g/mol. The number of carbonyl (C=O) groups is 2. The van der Waals surface area contributed by atoms with Gasteiger partial charge in [-0.15, -0.1) is 0 Å². The predicted molar refractivity (Wildman–Crippen MR) is 94.2 cm³/mol. The standard InChI is InChI=1S/C15H25N5O10/c1-5(11(22)23)7(15(29,30)20(14(27)28)10(21)12(24)25)19(2)9-6-3-4-16-8(6)17-13(26)18-9/h3-5,7-8,11-12,14,16,22-25,27-30H,1-2H3,(H2,17,18,26). The summed E-state index contributed by atoms with van der Waals surface area (Å²) in [4.78, 5) is 24.4. The minimum atomic E-state index is -3.61. The van der Waals surface area contributed by atoms with Gasteiger partial charge in [0, 0.05) is 18.5 Å². The van der Waals surface area contributed by atoms with E-state index in [0.29, 0.717) is 5.57 Å². The van der Waals surface area contributed by atoms with Crippen molar-refractivity contribution in [2.45, 2.75) is 44.0 Å². The largest absolute Gasteiger partial charge is 0.368 e. The van der Waals surface area contributed by atoms with E-state index in [4.69, 9.17) is 10.2 Å². The number of hydrogen-bond acceptors (Lipinski definition) is 12. The van der Waals surface area contributed by atoms with Gasteiger partial charge in [-0.1, -0.05) is 6.92 Å². The molecule has 0 saturated heterocycles. The number of nitrogens with one attached hydrogen (secondary N) is 3. The van der Waals surface area contributed by atoms with E-state index >= 15 is 0 Å². The van der Waals surface area contributed by atoms with Crippen molar-refractivity contribution >= 4 is 11.9 Å². The third-order valence-corrected chi connectivity index (χ3v) is 4.80. The van der Waals surface area contributed by atoms with Gasteiger partial charge in [-0.2, -0.15) is 0 Å². The number of aliphatic hydroxyl groups is 8. The number of rotatable bonds is 8. The number of fused-ring (bicyclic) bond motifs is 1. The summed E-state index contributed by atoms with van der Waals surface area (Å²) < 4.78 is 0. The lowest BCUT2D eigenvalue weighted by molar-refractivity contribution is -0.354. The van der Waals surface area contributed by atoms with Crippen molar-refractivity contribution in [3.8, 4) is 0 Å². The van der Waals surface area contributed by atoms with E-state index in [1.807, 2.05) is 0 Å². The van der Waals surface area contributed by atoms with Gasteiger partial charge in [-0.05, 0) is 12.3 Å². The van der Waals surface area contributed by atoms with Crippen LogP contribution in [0.25, 0.3) is 0 Å². The third kappa shape index (κ3) is 4.32. The van der Waals surface area contributed by atoms with Crippen LogP contribution in [0.3, 0.4) is 0 Å². The topological polar surface area (TPSA) is 239 Å². The Labute approximate surface area is 169 Å². The van der Waals surface area contributed by atoms with Crippen LogP contribution in [0.4, 0.5) is 4.79 Å². The van der Waals surface area contributed by atoms with Crippen LogP contribution < -0.4 is 16.0 Å². The molecule has 0 radical (unpaired) electrons. The molecule has 0 spiro atoms. The third-order valence-electron chi connectivity index (χ3n) is 4.80. The monoisotopic (exact) mass is 435 g/mol. The van der Waals surface area contributed by atoms with Crippen molar-refractivity contribution in [2.24, 2.45) is 5.92 Å². The lowest BCUT2D eigenvalue weighted by Crippen LogP contribution is -2.70. The molecule has 3 unspecified atom stereocenters. The van der Waals surface area contributed by atoms with Gasteiger partial charge in [-0.25, -0.2) is 9.69 Å². The smallest absolute Gasteiger partial charge is 0.322 e. The number of hydrogen-bond donors (Lipinski definition) is 11. The number of aliphatic hydroxyl groups excluding tert-OH is 3. The second-order valence-corrected chi connectivity index (χ2v) is 6.78. The molecular formula is C15H25N5O10. The first-order valence-electron chi connectivity index (χ1n) is 8.64. The Balaban J connectivity index is 2.58. The molecule has 3 atom stereocenters. The lowest BCUT2D eigenvalue weighted by Gasteiger charge is -2.48. The van der Waals surface area contributed by atoms with Crippen LogP contribution in [0.1, 0.15) is 6.92 Å². The zero-order chi connectivity index (χ0) is 23.0. The number of likely N-dealkylation sites (N-methyl/N-ethyl adjacent to an activating group) is 1. The second-order valence-electron chi connectivity index (χ2n) is 6.78. The summed E-state index contributed by atoms with van der Waals surface area (Å²) in [6.45, 7) is 1.13. The molecule has 0 aliphatic carbocycles. The SMILES string of the molecule is CC(C(O)O)C(N(C)C1=C2C=CNC2NC(=O)N1)C(O)(O)N(C(=O)C(O)O)C(O)O. The number of nitrogens with zero attached hydrogens (tertiary/aromatic N) is 2. The maximum atomic E-state index is 12.0. The summed E-state index contributed by atoms with van der Waals surface area (Å²) in [6, 6.07) is -2.64. The molecule has 0 fully saturated rings. The minimum absolute atomic E-state index is 0.0423. The molecule has 0 saturated carbocycles. The van der Waals surface area contributed by atoms with Crippen LogP contribution in [0, 0.1) is 5.92 Å². The molecule has 2 heterocycles. The van der Waals surface area contributed by atoms with E-state index in [0.717, 1.165) is 11.8 Å². The highest BCUT2D eigenvalue weighted by molar-refractivity contribution is 5.80. The summed E-state index contributed by atoms with van der Waals surface area (Å²) >= 11 is 0. The summed E-state index contributed by atoms with van der Waals surface area (Å²) in [6.07, 6.45) is -5.66. The fraction of sp³-hybridized carbons (Fsp3) is 0.600. The van der Waals surface area contributed by atoms with E-state index in [1.165, 1.54) is 19.3 Å². The molecule has 3 amide bonds. The normalized spacial score (nSPS) is 20.7. The van der Waals surface area contributed by atoms with Crippen LogP contribution in [-0.4, -0.2) is 107 Å². The van der Waals surface area contributed by atoms with Crippen LogP contribution in [0.2, 0.25) is 0 Å². The quantitative estimate of drug-likeness (QED) is 0.160. The van der Waals surface area contributed by atoms with Crippen molar-refractivity contribution < 1.29 is 50.4 Å². The molecule has 30 heavy (non-hydrogen) atoms. The molecule has 0 aromatic heterocycles. The maximum absolute atomic E-state index is 12.0. The molecule has 2 rings (SSSR count). The van der Waals surface area contributed by atoms with E-state index in [9.17, 15) is 40.2 Å². The Morgan fingerprint density at radius 1 is 1.17 bits per heavy atom. The molecule has 15 nitrogen and oxygen atoms in total. The van der Waals surface area contributed by atoms with Crippen LogP contribution in [0.15, 0.2) is 23.7 Å². The van der Waals surface area contributed by atoms with Crippen molar-refractivity contribution in [3.63, 3.8) is 0 Å². The highest BCUT2D eigenvalue weighted by atomic mass is 16.6. The van der Waals surface area contributed by atoms with Gasteiger partial charge < -0.3 is 56.4 Å². The highest BCUT2D eigenvalue weighted by Crippen LogP contribution is 2.31. The fourth-order valence-corrected chi connectivity index (χ4v) is 3.37. The predicted octanol–water partition coefficient (Wildman–Crippen LogP) is -5.75. The number of amides is 3. The first kappa shape index (κ1) is 23.8. The number of urea groups is 1. The molecule has 170 valence electrons. The van der Waals surface area contributed by atoms with Gasteiger partial charge in [0.1, 0.15) is 18.0 Å². The Bertz CT molecular complexity index is 737. The van der Waals surface area contributed by atoms with Crippen LogP contribution in [-0.2, 0) is 4.79 Å².